The minimum absolute atomic E-state index is 0.0175. The number of aromatic nitrogens is 2. The molecule has 1 aromatic carbocycles. The molecule has 0 radical (unpaired) electrons. The van der Waals surface area contributed by atoms with Crippen LogP contribution in [0.4, 0.5) is 0 Å². The normalized spacial score (nSPS) is 12.8. The number of rotatable bonds is 5. The summed E-state index contributed by atoms with van der Waals surface area (Å²) in [5.41, 5.74) is 0.305. The minimum Gasteiger partial charge on any atom is -0.460 e. The molecule has 0 N–H and O–H groups in total. The first-order chi connectivity index (χ1) is 13.6. The molecule has 9 heteroatoms. The summed E-state index contributed by atoms with van der Waals surface area (Å²) >= 11 is 1.46. The van der Waals surface area contributed by atoms with E-state index in [1.807, 2.05) is 0 Å². The van der Waals surface area contributed by atoms with Crippen LogP contribution in [0, 0.1) is 0 Å². The Morgan fingerprint density at radius 1 is 1.25 bits per heavy atom. The molecule has 0 fully saturated rings. The van der Waals surface area contributed by atoms with Gasteiger partial charge in [-0.3, -0.25) is 9.36 Å². The van der Waals surface area contributed by atoms with Gasteiger partial charge in [0.25, 0.3) is 5.56 Å². The van der Waals surface area contributed by atoms with E-state index in [9.17, 15) is 14.4 Å². The van der Waals surface area contributed by atoms with Crippen molar-refractivity contribution >= 4 is 34.7 Å². The highest BCUT2D eigenvalue weighted by molar-refractivity contribution is 7.99. The van der Waals surface area contributed by atoms with Gasteiger partial charge in [-0.2, -0.15) is 0 Å². The Morgan fingerprint density at radius 2 is 2.07 bits per heavy atom. The standard InChI is InChI=1S/C19H16N2O6S/c1-2-25-18(24)15-13(11-5-3-4-6-14(11)27-15)10-26-17(23)12-9-20-19-21(16(12)22)7-8-28-19/h3-6,9H,2,7-8,10H2,1H3. The molecule has 3 aromatic rings. The Balaban J connectivity index is 1.62. The molecule has 4 rings (SSSR count). The van der Waals surface area contributed by atoms with E-state index in [0.29, 0.717) is 28.2 Å². The van der Waals surface area contributed by atoms with E-state index in [1.165, 1.54) is 22.5 Å². The second-order valence-corrected chi connectivity index (χ2v) is 7.02. The van der Waals surface area contributed by atoms with Crippen LogP contribution >= 0.6 is 11.8 Å². The molecule has 8 nitrogen and oxygen atoms in total. The van der Waals surface area contributed by atoms with E-state index < -0.39 is 17.5 Å². The first-order valence-electron chi connectivity index (χ1n) is 8.67. The summed E-state index contributed by atoms with van der Waals surface area (Å²) < 4.78 is 17.4. The number of fused-ring (bicyclic) bond motifs is 2. The van der Waals surface area contributed by atoms with Crippen molar-refractivity contribution in [1.29, 1.82) is 0 Å². The molecule has 144 valence electrons. The van der Waals surface area contributed by atoms with Crippen LogP contribution in [0.15, 0.2) is 44.8 Å². The van der Waals surface area contributed by atoms with E-state index in [0.717, 1.165) is 5.75 Å². The van der Waals surface area contributed by atoms with E-state index in [-0.39, 0.29) is 24.5 Å². The number of benzene rings is 1. The van der Waals surface area contributed by atoms with Gasteiger partial charge >= 0.3 is 11.9 Å². The lowest BCUT2D eigenvalue weighted by Gasteiger charge is -2.07. The average Bonchev–Trinajstić information content (AvgIpc) is 3.31. The van der Waals surface area contributed by atoms with Crippen molar-refractivity contribution in [3.05, 3.63) is 57.7 Å². The van der Waals surface area contributed by atoms with Gasteiger partial charge in [0.1, 0.15) is 17.8 Å². The molecule has 28 heavy (non-hydrogen) atoms. The van der Waals surface area contributed by atoms with Crippen molar-refractivity contribution in [3.8, 4) is 0 Å². The molecule has 0 saturated heterocycles. The van der Waals surface area contributed by atoms with Crippen molar-refractivity contribution in [2.45, 2.75) is 25.2 Å². The number of para-hydroxylation sites is 1. The summed E-state index contributed by atoms with van der Waals surface area (Å²) in [6.07, 6.45) is 1.23. The monoisotopic (exact) mass is 400 g/mol. The van der Waals surface area contributed by atoms with Crippen LogP contribution in [-0.4, -0.2) is 33.8 Å². The van der Waals surface area contributed by atoms with E-state index in [1.54, 1.807) is 31.2 Å². The molecule has 0 aliphatic carbocycles. The number of hydrogen-bond donors (Lipinski definition) is 0. The largest absolute Gasteiger partial charge is 0.460 e. The topological polar surface area (TPSA) is 101 Å². The molecular formula is C19H16N2O6S. The Morgan fingerprint density at radius 3 is 2.89 bits per heavy atom. The maximum Gasteiger partial charge on any atom is 0.374 e. The third-order valence-corrected chi connectivity index (χ3v) is 5.25. The molecule has 3 heterocycles. The lowest BCUT2D eigenvalue weighted by Crippen LogP contribution is -2.27. The maximum absolute atomic E-state index is 12.5. The quantitative estimate of drug-likeness (QED) is 0.476. The fourth-order valence-electron chi connectivity index (χ4n) is 2.98. The number of ether oxygens (including phenoxy) is 2. The van der Waals surface area contributed by atoms with Crippen LogP contribution in [0.1, 0.15) is 33.4 Å². The number of carbonyl (C=O) groups is 2. The fourth-order valence-corrected chi connectivity index (χ4v) is 3.89. The van der Waals surface area contributed by atoms with Gasteiger partial charge in [0.2, 0.25) is 5.76 Å². The summed E-state index contributed by atoms with van der Waals surface area (Å²) in [6, 6.07) is 7.02. The van der Waals surface area contributed by atoms with Crippen LogP contribution in [0.25, 0.3) is 11.0 Å². The summed E-state index contributed by atoms with van der Waals surface area (Å²) in [5, 5.41) is 1.23. The number of esters is 2. The van der Waals surface area contributed by atoms with Crippen LogP contribution < -0.4 is 5.56 Å². The van der Waals surface area contributed by atoms with Crippen LogP contribution in [0.5, 0.6) is 0 Å². The Hall–Kier alpha value is -3.07. The predicted molar refractivity (Wildman–Crippen MR) is 101 cm³/mol. The van der Waals surface area contributed by atoms with Crippen LogP contribution in [0.3, 0.4) is 0 Å². The zero-order valence-corrected chi connectivity index (χ0v) is 15.8. The van der Waals surface area contributed by atoms with Gasteiger partial charge in [-0.1, -0.05) is 30.0 Å². The van der Waals surface area contributed by atoms with Gasteiger partial charge < -0.3 is 13.9 Å². The first kappa shape index (κ1) is 18.3. The molecule has 0 amide bonds. The van der Waals surface area contributed by atoms with Gasteiger partial charge in [0.05, 0.1) is 18.4 Å². The molecular weight excluding hydrogens is 384 g/mol. The molecule has 0 bridgehead atoms. The van der Waals surface area contributed by atoms with Crippen molar-refractivity contribution in [2.24, 2.45) is 0 Å². The molecule has 1 aliphatic rings. The smallest absolute Gasteiger partial charge is 0.374 e. The average molecular weight is 400 g/mol. The van der Waals surface area contributed by atoms with Crippen LogP contribution in [0.2, 0.25) is 0 Å². The molecule has 0 saturated carbocycles. The molecule has 1 aliphatic heterocycles. The third-order valence-electron chi connectivity index (χ3n) is 4.28. The van der Waals surface area contributed by atoms with Crippen molar-refractivity contribution in [2.75, 3.05) is 12.4 Å². The zero-order chi connectivity index (χ0) is 19.7. The molecule has 0 spiro atoms. The van der Waals surface area contributed by atoms with Gasteiger partial charge in [0, 0.05) is 17.7 Å². The van der Waals surface area contributed by atoms with E-state index in [2.05, 4.69) is 4.98 Å². The van der Waals surface area contributed by atoms with Gasteiger partial charge in [-0.15, -0.1) is 0 Å². The van der Waals surface area contributed by atoms with Gasteiger partial charge in [-0.05, 0) is 13.0 Å². The van der Waals surface area contributed by atoms with Gasteiger partial charge in [-0.25, -0.2) is 14.6 Å². The highest BCUT2D eigenvalue weighted by Gasteiger charge is 2.25. The molecule has 2 aromatic heterocycles. The number of furan rings is 1. The lowest BCUT2D eigenvalue weighted by molar-refractivity contribution is 0.0433. The highest BCUT2D eigenvalue weighted by Crippen LogP contribution is 2.27. The lowest BCUT2D eigenvalue weighted by atomic mass is 10.1. The number of nitrogens with zero attached hydrogens (tertiary/aromatic N) is 2. The number of carbonyl (C=O) groups excluding carboxylic acids is 2. The zero-order valence-electron chi connectivity index (χ0n) is 15.0. The minimum atomic E-state index is -0.801. The Bertz CT molecular complexity index is 1130. The first-order valence-corrected chi connectivity index (χ1v) is 9.66. The number of hydrogen-bond acceptors (Lipinski definition) is 8. The van der Waals surface area contributed by atoms with Crippen molar-refractivity contribution in [1.82, 2.24) is 9.55 Å². The van der Waals surface area contributed by atoms with E-state index >= 15 is 0 Å². The fraction of sp³-hybridized carbons (Fsp3) is 0.263. The molecule has 0 unspecified atom stereocenters. The number of thioether (sulfide) groups is 1. The maximum atomic E-state index is 12.5. The van der Waals surface area contributed by atoms with Crippen LogP contribution in [-0.2, 0) is 22.6 Å². The predicted octanol–water partition coefficient (Wildman–Crippen LogP) is 2.63. The van der Waals surface area contributed by atoms with Crippen molar-refractivity contribution in [3.63, 3.8) is 0 Å². The summed E-state index contributed by atoms with van der Waals surface area (Å²) in [7, 11) is 0. The molecule has 0 atom stereocenters. The van der Waals surface area contributed by atoms with Gasteiger partial charge in [0.15, 0.2) is 5.16 Å². The second kappa shape index (κ2) is 7.51. The summed E-state index contributed by atoms with van der Waals surface area (Å²) in [4.78, 5) is 41.3. The highest BCUT2D eigenvalue weighted by atomic mass is 32.2. The van der Waals surface area contributed by atoms with E-state index in [4.69, 9.17) is 13.9 Å². The SMILES string of the molecule is CCOC(=O)c1oc2ccccc2c1COC(=O)c1cnc2n(c1=O)CCS2. The Labute approximate surface area is 163 Å². The Kier molecular flexibility index (Phi) is 4.91. The summed E-state index contributed by atoms with van der Waals surface area (Å²) in [6.45, 7) is 2.14. The van der Waals surface area contributed by atoms with Crippen molar-refractivity contribution < 1.29 is 23.5 Å². The summed E-state index contributed by atoms with van der Waals surface area (Å²) in [5.74, 6) is -0.716. The second-order valence-electron chi connectivity index (χ2n) is 5.96. The third kappa shape index (κ3) is 3.18.